The van der Waals surface area contributed by atoms with Gasteiger partial charge < -0.3 is 5.32 Å². The molecule has 106 valence electrons. The lowest BCUT2D eigenvalue weighted by Gasteiger charge is -2.31. The third-order valence-electron chi connectivity index (χ3n) is 3.50. The van der Waals surface area contributed by atoms with Gasteiger partial charge in [-0.05, 0) is 49.3 Å². The lowest BCUT2D eigenvalue weighted by molar-refractivity contribution is 0.468. The van der Waals surface area contributed by atoms with Gasteiger partial charge in [-0.15, -0.1) is 0 Å². The van der Waals surface area contributed by atoms with Crippen LogP contribution in [0.15, 0.2) is 18.2 Å². The van der Waals surface area contributed by atoms with Gasteiger partial charge in [0.25, 0.3) is 0 Å². The first kappa shape index (κ1) is 14.8. The fourth-order valence-corrected chi connectivity index (χ4v) is 3.95. The molecule has 1 fully saturated rings. The minimum absolute atomic E-state index is 0.125. The van der Waals surface area contributed by atoms with E-state index in [2.05, 4.69) is 12.2 Å². The number of rotatable bonds is 5. The maximum absolute atomic E-state index is 13.4. The summed E-state index contributed by atoms with van der Waals surface area (Å²) in [5.41, 5.74) is 0.867. The van der Waals surface area contributed by atoms with Crippen LogP contribution in [-0.4, -0.2) is 17.5 Å². The molecule has 2 rings (SSSR count). The fraction of sp³-hybridized carbons (Fsp3) is 0.600. The summed E-state index contributed by atoms with van der Waals surface area (Å²) in [4.78, 5) is 0. The second-order valence-corrected chi connectivity index (χ2v) is 6.36. The molecule has 2 unspecified atom stereocenters. The highest BCUT2D eigenvalue weighted by atomic mass is 32.2. The highest BCUT2D eigenvalue weighted by Crippen LogP contribution is 2.35. The van der Waals surface area contributed by atoms with Crippen LogP contribution in [0.3, 0.4) is 0 Å². The third kappa shape index (κ3) is 3.93. The second-order valence-electron chi connectivity index (χ2n) is 5.01. The zero-order chi connectivity index (χ0) is 13.7. The first-order valence-corrected chi connectivity index (χ1v) is 8.07. The summed E-state index contributed by atoms with van der Waals surface area (Å²) in [6.45, 7) is 3.02. The lowest BCUT2D eigenvalue weighted by Crippen LogP contribution is -2.32. The van der Waals surface area contributed by atoms with Gasteiger partial charge in [-0.25, -0.2) is 8.78 Å². The van der Waals surface area contributed by atoms with E-state index < -0.39 is 11.6 Å². The summed E-state index contributed by atoms with van der Waals surface area (Å²) in [5.74, 6) is -0.352. The number of benzene rings is 1. The van der Waals surface area contributed by atoms with Crippen molar-refractivity contribution in [3.05, 3.63) is 35.4 Å². The number of halogens is 2. The number of nitrogens with one attached hydrogen (secondary N) is 1. The Hall–Kier alpha value is -0.610. The van der Waals surface area contributed by atoms with Crippen molar-refractivity contribution in [2.75, 3.05) is 12.3 Å². The van der Waals surface area contributed by atoms with Crippen molar-refractivity contribution in [1.29, 1.82) is 0 Å². The average molecular weight is 285 g/mol. The Labute approximate surface area is 118 Å². The fourth-order valence-electron chi connectivity index (χ4n) is 2.50. The van der Waals surface area contributed by atoms with E-state index in [1.54, 1.807) is 6.07 Å². The van der Waals surface area contributed by atoms with Gasteiger partial charge >= 0.3 is 0 Å². The van der Waals surface area contributed by atoms with Gasteiger partial charge in [-0.2, -0.15) is 11.8 Å². The second kappa shape index (κ2) is 7.25. The Kier molecular flexibility index (Phi) is 5.64. The molecule has 1 N–H and O–H groups in total. The Bertz CT molecular complexity index is 405. The van der Waals surface area contributed by atoms with E-state index in [4.69, 9.17) is 0 Å². The third-order valence-corrected chi connectivity index (χ3v) is 4.96. The summed E-state index contributed by atoms with van der Waals surface area (Å²) in [5, 5.41) is 3.96. The van der Waals surface area contributed by atoms with Gasteiger partial charge in [0, 0.05) is 11.3 Å². The predicted molar refractivity (Wildman–Crippen MR) is 77.5 cm³/mol. The first-order chi connectivity index (χ1) is 9.22. The van der Waals surface area contributed by atoms with Crippen LogP contribution in [0.25, 0.3) is 0 Å². The normalized spacial score (nSPS) is 21.3. The molecule has 19 heavy (non-hydrogen) atoms. The van der Waals surface area contributed by atoms with E-state index in [1.807, 2.05) is 11.8 Å². The van der Waals surface area contributed by atoms with Crippen LogP contribution in [0, 0.1) is 11.6 Å². The Morgan fingerprint density at radius 3 is 2.79 bits per heavy atom. The van der Waals surface area contributed by atoms with Crippen LogP contribution in [0.2, 0.25) is 0 Å². The Morgan fingerprint density at radius 1 is 1.32 bits per heavy atom. The van der Waals surface area contributed by atoms with E-state index >= 15 is 0 Å². The van der Waals surface area contributed by atoms with Crippen molar-refractivity contribution in [3.63, 3.8) is 0 Å². The van der Waals surface area contributed by atoms with Gasteiger partial charge in [-0.3, -0.25) is 0 Å². The van der Waals surface area contributed by atoms with Gasteiger partial charge in [0.2, 0.25) is 0 Å². The quantitative estimate of drug-likeness (QED) is 0.866. The molecule has 1 aromatic carbocycles. The molecule has 0 aliphatic carbocycles. The summed E-state index contributed by atoms with van der Waals surface area (Å²) in [7, 11) is 0. The van der Waals surface area contributed by atoms with Crippen molar-refractivity contribution in [2.24, 2.45) is 0 Å². The van der Waals surface area contributed by atoms with E-state index in [0.717, 1.165) is 24.9 Å². The van der Waals surface area contributed by atoms with Gasteiger partial charge in [0.05, 0.1) is 0 Å². The average Bonchev–Trinajstić information content (AvgIpc) is 2.44. The van der Waals surface area contributed by atoms with Crippen LogP contribution in [-0.2, 0) is 0 Å². The molecule has 1 saturated heterocycles. The predicted octanol–water partition coefficient (Wildman–Crippen LogP) is 4.29. The molecule has 4 heteroatoms. The van der Waals surface area contributed by atoms with Crippen LogP contribution in [0.1, 0.15) is 44.2 Å². The summed E-state index contributed by atoms with van der Waals surface area (Å²) < 4.78 is 26.5. The monoisotopic (exact) mass is 285 g/mol. The minimum atomic E-state index is -0.769. The van der Waals surface area contributed by atoms with Gasteiger partial charge in [-0.1, -0.05) is 19.4 Å². The Morgan fingerprint density at radius 2 is 2.16 bits per heavy atom. The summed E-state index contributed by atoms with van der Waals surface area (Å²) in [6.07, 6.45) is 4.67. The van der Waals surface area contributed by atoms with E-state index in [-0.39, 0.29) is 6.04 Å². The van der Waals surface area contributed by atoms with Crippen LogP contribution < -0.4 is 5.32 Å². The molecule has 0 aromatic heterocycles. The highest BCUT2D eigenvalue weighted by molar-refractivity contribution is 8.00. The standard InChI is InChI=1S/C15H21F2NS/c1-2-8-18-15(14-5-3-4-9-19-14)11-6-7-12(16)13(17)10-11/h6-7,10,14-15,18H,2-5,8-9H2,1H3. The topological polar surface area (TPSA) is 12.0 Å². The molecule has 0 spiro atoms. The van der Waals surface area contributed by atoms with E-state index in [0.29, 0.717) is 5.25 Å². The molecular weight excluding hydrogens is 264 g/mol. The Balaban J connectivity index is 2.17. The smallest absolute Gasteiger partial charge is 0.159 e. The maximum atomic E-state index is 13.4. The molecular formula is C15H21F2NS. The molecule has 1 heterocycles. The van der Waals surface area contributed by atoms with E-state index in [9.17, 15) is 8.78 Å². The highest BCUT2D eigenvalue weighted by Gasteiger charge is 2.25. The molecule has 1 aliphatic rings. The molecule has 0 amide bonds. The largest absolute Gasteiger partial charge is 0.309 e. The van der Waals surface area contributed by atoms with E-state index in [1.165, 1.54) is 30.7 Å². The summed E-state index contributed by atoms with van der Waals surface area (Å²) in [6, 6.07) is 4.41. The van der Waals surface area contributed by atoms with Crippen molar-refractivity contribution >= 4 is 11.8 Å². The molecule has 1 aliphatic heterocycles. The lowest BCUT2D eigenvalue weighted by atomic mass is 9.99. The number of hydrogen-bond donors (Lipinski definition) is 1. The number of thioether (sulfide) groups is 1. The van der Waals surface area contributed by atoms with Crippen molar-refractivity contribution in [2.45, 2.75) is 43.9 Å². The molecule has 1 aromatic rings. The minimum Gasteiger partial charge on any atom is -0.309 e. The van der Waals surface area contributed by atoms with Crippen molar-refractivity contribution < 1.29 is 8.78 Å². The molecule has 0 radical (unpaired) electrons. The van der Waals surface area contributed by atoms with Gasteiger partial charge in [0.15, 0.2) is 11.6 Å². The number of hydrogen-bond acceptors (Lipinski definition) is 2. The molecule has 1 nitrogen and oxygen atoms in total. The van der Waals surface area contributed by atoms with Gasteiger partial charge in [0.1, 0.15) is 0 Å². The first-order valence-electron chi connectivity index (χ1n) is 7.02. The molecule has 0 saturated carbocycles. The van der Waals surface area contributed by atoms with Crippen LogP contribution in [0.5, 0.6) is 0 Å². The zero-order valence-electron chi connectivity index (χ0n) is 11.3. The van der Waals surface area contributed by atoms with Crippen molar-refractivity contribution in [3.8, 4) is 0 Å². The van der Waals surface area contributed by atoms with Crippen molar-refractivity contribution in [1.82, 2.24) is 5.32 Å². The van der Waals surface area contributed by atoms with Crippen LogP contribution in [0.4, 0.5) is 8.78 Å². The van der Waals surface area contributed by atoms with Crippen LogP contribution >= 0.6 is 11.8 Å². The zero-order valence-corrected chi connectivity index (χ0v) is 12.1. The maximum Gasteiger partial charge on any atom is 0.159 e. The summed E-state index contributed by atoms with van der Waals surface area (Å²) >= 11 is 1.95. The SMILES string of the molecule is CCCNC(c1ccc(F)c(F)c1)C1CCCCS1. The molecule has 2 atom stereocenters. The molecule has 0 bridgehead atoms.